The fourth-order valence-electron chi connectivity index (χ4n) is 3.46. The lowest BCUT2D eigenvalue weighted by Gasteiger charge is -2.25. The molecule has 8 nitrogen and oxygen atoms in total. The molecule has 2 saturated heterocycles. The Morgan fingerprint density at radius 1 is 1.13 bits per heavy atom. The minimum absolute atomic E-state index is 0.146. The maximum Gasteiger partial charge on any atom is 0.182 e. The largest absolute Gasteiger partial charge is 0.386 e. The van der Waals surface area contributed by atoms with E-state index >= 15 is 0 Å². The van der Waals surface area contributed by atoms with Crippen LogP contribution >= 0.6 is 34.8 Å². The standard InChI is InChI=1S/C14H16Cl2O4.C5H3ClN4/c1-14(2)19-10-6-18-13(12(10)20-14)11(17)7-3-4-8(15)9(16)5-7;6-4-3-5(9-1-7-3)10-2-8-4/h3-5,10-13,17H,6H2,1-2H3;1-2H,(H,7,8,9,10). The van der Waals surface area contributed by atoms with Crippen LogP contribution in [0, 0.1) is 0 Å². The van der Waals surface area contributed by atoms with E-state index in [-0.39, 0.29) is 12.2 Å². The molecule has 2 N–H and O–H groups in total. The first-order valence-corrected chi connectivity index (χ1v) is 10.3. The summed E-state index contributed by atoms with van der Waals surface area (Å²) >= 11 is 17.5. The SMILES string of the molecule is CC1(C)OC2COC(C(O)c3ccc(Cl)c(Cl)c3)C2O1.Clc1ncnc2nc[nH]c12. The number of fused-ring (bicyclic) bond motifs is 2. The van der Waals surface area contributed by atoms with Gasteiger partial charge in [-0.25, -0.2) is 15.0 Å². The Bertz CT molecular complexity index is 1050. The van der Waals surface area contributed by atoms with E-state index in [4.69, 9.17) is 49.0 Å². The summed E-state index contributed by atoms with van der Waals surface area (Å²) in [5.41, 5.74) is 1.93. The molecular weight excluding hydrogens is 455 g/mol. The number of ether oxygens (including phenoxy) is 3. The van der Waals surface area contributed by atoms with Gasteiger partial charge in [-0.2, -0.15) is 0 Å². The quantitative estimate of drug-likeness (QED) is 0.543. The molecule has 4 unspecified atom stereocenters. The average Bonchev–Trinajstić information content (AvgIpc) is 3.38. The number of benzene rings is 1. The number of halogens is 3. The molecule has 5 rings (SSSR count). The second-order valence-electron chi connectivity index (χ2n) is 7.32. The van der Waals surface area contributed by atoms with E-state index < -0.39 is 18.0 Å². The first kappa shape index (κ1) is 21.7. The highest BCUT2D eigenvalue weighted by Crippen LogP contribution is 2.40. The molecular formula is C19H19Cl3N4O4. The lowest BCUT2D eigenvalue weighted by atomic mass is 9.99. The van der Waals surface area contributed by atoms with Crippen molar-refractivity contribution in [3.05, 3.63) is 51.6 Å². The van der Waals surface area contributed by atoms with E-state index in [1.54, 1.807) is 18.2 Å². The number of imidazole rings is 1. The van der Waals surface area contributed by atoms with E-state index in [1.165, 1.54) is 12.7 Å². The van der Waals surface area contributed by atoms with Gasteiger partial charge in [-0.05, 0) is 31.5 Å². The van der Waals surface area contributed by atoms with Crippen LogP contribution in [-0.2, 0) is 14.2 Å². The van der Waals surface area contributed by atoms with E-state index in [2.05, 4.69) is 19.9 Å². The summed E-state index contributed by atoms with van der Waals surface area (Å²) < 4.78 is 17.2. The first-order valence-electron chi connectivity index (χ1n) is 9.15. The fourth-order valence-corrected chi connectivity index (χ4v) is 3.95. The number of aliphatic hydroxyl groups is 1. The molecule has 4 heterocycles. The van der Waals surface area contributed by atoms with Crippen LogP contribution in [0.3, 0.4) is 0 Å². The Hall–Kier alpha value is -1.52. The lowest BCUT2D eigenvalue weighted by Crippen LogP contribution is -2.34. The number of H-pyrrole nitrogens is 1. The van der Waals surface area contributed by atoms with Crippen LogP contribution in [0.15, 0.2) is 30.9 Å². The van der Waals surface area contributed by atoms with Crippen molar-refractivity contribution in [3.8, 4) is 0 Å². The van der Waals surface area contributed by atoms with Crippen LogP contribution in [-0.4, -0.2) is 55.7 Å². The molecule has 0 amide bonds. The predicted octanol–water partition coefficient (Wildman–Crippen LogP) is 3.95. The Balaban J connectivity index is 0.000000181. The molecule has 4 atom stereocenters. The molecule has 2 aliphatic heterocycles. The number of rotatable bonds is 2. The van der Waals surface area contributed by atoms with Crippen LogP contribution in [0.25, 0.3) is 11.2 Å². The Labute approximate surface area is 187 Å². The van der Waals surface area contributed by atoms with Gasteiger partial charge in [0.1, 0.15) is 36.3 Å². The van der Waals surface area contributed by atoms with Crippen molar-refractivity contribution < 1.29 is 19.3 Å². The van der Waals surface area contributed by atoms with Gasteiger partial charge in [-0.1, -0.05) is 40.9 Å². The normalized spacial score (nSPS) is 25.6. The molecule has 0 spiro atoms. The van der Waals surface area contributed by atoms with E-state index in [0.29, 0.717) is 38.5 Å². The molecule has 1 aromatic carbocycles. The van der Waals surface area contributed by atoms with Crippen LogP contribution in [0.5, 0.6) is 0 Å². The van der Waals surface area contributed by atoms with Crippen molar-refractivity contribution in [2.75, 3.05) is 6.61 Å². The Morgan fingerprint density at radius 3 is 2.67 bits per heavy atom. The van der Waals surface area contributed by atoms with E-state index in [0.717, 1.165) is 0 Å². The summed E-state index contributed by atoms with van der Waals surface area (Å²) in [4.78, 5) is 14.3. The molecule has 160 valence electrons. The number of aromatic amines is 1. The van der Waals surface area contributed by atoms with Gasteiger partial charge in [0.2, 0.25) is 0 Å². The fraction of sp³-hybridized carbons (Fsp3) is 0.421. The van der Waals surface area contributed by atoms with Crippen molar-refractivity contribution >= 4 is 46.0 Å². The zero-order valence-electron chi connectivity index (χ0n) is 16.1. The van der Waals surface area contributed by atoms with Crippen molar-refractivity contribution in [2.45, 2.75) is 44.1 Å². The minimum atomic E-state index is -0.836. The number of nitrogens with one attached hydrogen (secondary N) is 1. The van der Waals surface area contributed by atoms with Crippen LogP contribution in [0.1, 0.15) is 25.5 Å². The van der Waals surface area contributed by atoms with Crippen molar-refractivity contribution in [2.24, 2.45) is 0 Å². The second kappa shape index (κ2) is 8.55. The highest BCUT2D eigenvalue weighted by Gasteiger charge is 2.52. The number of aliphatic hydroxyl groups excluding tert-OH is 1. The van der Waals surface area contributed by atoms with E-state index in [1.807, 2.05) is 13.8 Å². The van der Waals surface area contributed by atoms with Gasteiger partial charge in [-0.3, -0.25) is 0 Å². The topological polar surface area (TPSA) is 102 Å². The molecule has 0 saturated carbocycles. The second-order valence-corrected chi connectivity index (χ2v) is 8.49. The number of nitrogens with zero attached hydrogens (tertiary/aromatic N) is 3. The Kier molecular flexibility index (Phi) is 6.18. The highest BCUT2D eigenvalue weighted by atomic mass is 35.5. The van der Waals surface area contributed by atoms with Crippen LogP contribution in [0.4, 0.5) is 0 Å². The number of aromatic nitrogens is 4. The summed E-state index contributed by atoms with van der Waals surface area (Å²) in [5.74, 6) is -0.644. The molecule has 0 bridgehead atoms. The van der Waals surface area contributed by atoms with Gasteiger partial charge in [0.25, 0.3) is 0 Å². The molecule has 2 fully saturated rings. The van der Waals surface area contributed by atoms with Crippen LogP contribution < -0.4 is 0 Å². The van der Waals surface area contributed by atoms with Gasteiger partial charge in [-0.15, -0.1) is 0 Å². The zero-order valence-corrected chi connectivity index (χ0v) is 18.3. The third-order valence-corrected chi connectivity index (χ3v) is 5.80. The summed E-state index contributed by atoms with van der Waals surface area (Å²) in [7, 11) is 0. The summed E-state index contributed by atoms with van der Waals surface area (Å²) in [6, 6.07) is 5.04. The van der Waals surface area contributed by atoms with Gasteiger partial charge in [0.05, 0.1) is 23.0 Å². The van der Waals surface area contributed by atoms with Gasteiger partial charge < -0.3 is 24.3 Å². The minimum Gasteiger partial charge on any atom is -0.386 e. The third kappa shape index (κ3) is 4.40. The van der Waals surface area contributed by atoms with Crippen LogP contribution in [0.2, 0.25) is 15.2 Å². The summed E-state index contributed by atoms with van der Waals surface area (Å²) in [5, 5.41) is 11.8. The van der Waals surface area contributed by atoms with E-state index in [9.17, 15) is 5.11 Å². The smallest absolute Gasteiger partial charge is 0.182 e. The number of hydrogen-bond donors (Lipinski definition) is 2. The lowest BCUT2D eigenvalue weighted by molar-refractivity contribution is -0.184. The predicted molar refractivity (Wildman–Crippen MR) is 112 cm³/mol. The van der Waals surface area contributed by atoms with Crippen molar-refractivity contribution in [3.63, 3.8) is 0 Å². The molecule has 0 aliphatic carbocycles. The highest BCUT2D eigenvalue weighted by molar-refractivity contribution is 6.42. The summed E-state index contributed by atoms with van der Waals surface area (Å²) in [6.45, 7) is 4.12. The third-order valence-electron chi connectivity index (χ3n) is 4.77. The maximum absolute atomic E-state index is 10.5. The zero-order chi connectivity index (χ0) is 21.5. The Morgan fingerprint density at radius 2 is 1.93 bits per heavy atom. The molecule has 30 heavy (non-hydrogen) atoms. The number of hydrogen-bond acceptors (Lipinski definition) is 7. The molecule has 2 aliphatic rings. The molecule has 2 aromatic heterocycles. The molecule has 0 radical (unpaired) electrons. The van der Waals surface area contributed by atoms with Crippen molar-refractivity contribution in [1.82, 2.24) is 19.9 Å². The maximum atomic E-state index is 10.5. The first-order chi connectivity index (χ1) is 14.2. The average molecular weight is 474 g/mol. The summed E-state index contributed by atoms with van der Waals surface area (Å²) in [6.07, 6.45) is 1.18. The molecule has 11 heteroatoms. The monoisotopic (exact) mass is 472 g/mol. The van der Waals surface area contributed by atoms with Gasteiger partial charge in [0, 0.05) is 0 Å². The van der Waals surface area contributed by atoms with Crippen molar-refractivity contribution in [1.29, 1.82) is 0 Å². The van der Waals surface area contributed by atoms with Gasteiger partial charge >= 0.3 is 0 Å². The molecule has 3 aromatic rings. The van der Waals surface area contributed by atoms with Gasteiger partial charge in [0.15, 0.2) is 16.6 Å².